The van der Waals surface area contributed by atoms with Gasteiger partial charge >= 0.3 is 0 Å². The van der Waals surface area contributed by atoms with Gasteiger partial charge in [-0.1, -0.05) is 30.3 Å². The molecular formula is C18H18N2O4. The molecule has 0 unspecified atom stereocenters. The zero-order chi connectivity index (χ0) is 17.5. The summed E-state index contributed by atoms with van der Waals surface area (Å²) < 4.78 is 5.05. The molecule has 0 aliphatic carbocycles. The van der Waals surface area contributed by atoms with Crippen LogP contribution in [-0.2, 0) is 16.0 Å². The number of methoxy groups -OCH3 is 1. The number of hydrazine groups is 1. The third-order valence-corrected chi connectivity index (χ3v) is 3.33. The molecule has 0 saturated heterocycles. The quantitative estimate of drug-likeness (QED) is 0.872. The van der Waals surface area contributed by atoms with Gasteiger partial charge in [0, 0.05) is 12.5 Å². The maximum atomic E-state index is 12.3. The molecule has 6 nitrogen and oxygen atoms in total. The van der Waals surface area contributed by atoms with E-state index in [9.17, 15) is 14.4 Å². The topological polar surface area (TPSA) is 75.7 Å². The first-order chi connectivity index (χ1) is 11.5. The summed E-state index contributed by atoms with van der Waals surface area (Å²) in [5.74, 6) is -0.921. The van der Waals surface area contributed by atoms with Crippen molar-refractivity contribution in [2.45, 2.75) is 13.3 Å². The number of carbonyl (C=O) groups excluding carboxylic acids is 3. The summed E-state index contributed by atoms with van der Waals surface area (Å²) >= 11 is 0. The van der Waals surface area contributed by atoms with E-state index in [1.807, 2.05) is 0 Å². The fourth-order valence-electron chi connectivity index (χ4n) is 2.07. The third-order valence-electron chi connectivity index (χ3n) is 3.33. The molecule has 0 aliphatic heterocycles. The van der Waals surface area contributed by atoms with Crippen LogP contribution in [0.4, 0.5) is 0 Å². The number of ether oxygens (including phenoxy) is 1. The van der Waals surface area contributed by atoms with Crippen molar-refractivity contribution in [3.63, 3.8) is 0 Å². The first-order valence-corrected chi connectivity index (χ1v) is 7.33. The van der Waals surface area contributed by atoms with Crippen LogP contribution in [0.1, 0.15) is 22.8 Å². The molecule has 3 amide bonds. The van der Waals surface area contributed by atoms with E-state index in [0.717, 1.165) is 5.01 Å². The predicted molar refractivity (Wildman–Crippen MR) is 88.1 cm³/mol. The summed E-state index contributed by atoms with van der Waals surface area (Å²) in [7, 11) is 1.55. The van der Waals surface area contributed by atoms with Crippen LogP contribution in [0.15, 0.2) is 54.6 Å². The molecule has 2 aromatic carbocycles. The van der Waals surface area contributed by atoms with Gasteiger partial charge in [-0.15, -0.1) is 0 Å². The lowest BCUT2D eigenvalue weighted by Gasteiger charge is -2.20. The summed E-state index contributed by atoms with van der Waals surface area (Å²) in [5.41, 5.74) is 3.42. The summed E-state index contributed by atoms with van der Waals surface area (Å²) in [6, 6.07) is 15.3. The Labute approximate surface area is 140 Å². The number of imide groups is 1. The molecule has 0 radical (unpaired) electrons. The fraction of sp³-hybridized carbons (Fsp3) is 0.167. The minimum absolute atomic E-state index is 0.0152. The number of hydrogen-bond acceptors (Lipinski definition) is 4. The molecule has 0 aliphatic rings. The third kappa shape index (κ3) is 4.42. The van der Waals surface area contributed by atoms with Gasteiger partial charge in [0.25, 0.3) is 11.8 Å². The number of rotatable bonds is 4. The Balaban J connectivity index is 2.07. The van der Waals surface area contributed by atoms with Gasteiger partial charge < -0.3 is 4.74 Å². The van der Waals surface area contributed by atoms with E-state index in [4.69, 9.17) is 4.74 Å². The molecule has 24 heavy (non-hydrogen) atoms. The second-order valence-electron chi connectivity index (χ2n) is 5.08. The molecule has 124 valence electrons. The highest BCUT2D eigenvalue weighted by Crippen LogP contribution is 2.12. The van der Waals surface area contributed by atoms with Gasteiger partial charge in [-0.25, -0.2) is 0 Å². The van der Waals surface area contributed by atoms with E-state index in [2.05, 4.69) is 5.43 Å². The van der Waals surface area contributed by atoms with E-state index >= 15 is 0 Å². The molecule has 1 N–H and O–H groups in total. The van der Waals surface area contributed by atoms with E-state index in [-0.39, 0.29) is 6.42 Å². The predicted octanol–water partition coefficient (Wildman–Crippen LogP) is 1.96. The number of hydrogen-bond donors (Lipinski definition) is 1. The smallest absolute Gasteiger partial charge is 0.270 e. The van der Waals surface area contributed by atoms with Crippen molar-refractivity contribution < 1.29 is 19.1 Å². The molecule has 0 heterocycles. The maximum Gasteiger partial charge on any atom is 0.270 e. The van der Waals surface area contributed by atoms with Crippen molar-refractivity contribution in [3.05, 3.63) is 65.7 Å². The Bertz CT molecular complexity index is 726. The monoisotopic (exact) mass is 326 g/mol. The fourth-order valence-corrected chi connectivity index (χ4v) is 2.07. The SMILES string of the molecule is COc1ccc(CC(=O)N(NC(=O)c2ccccc2)C(C)=O)cc1. The van der Waals surface area contributed by atoms with Gasteiger partial charge in [-0.2, -0.15) is 5.01 Å². The lowest BCUT2D eigenvalue weighted by atomic mass is 10.1. The Morgan fingerprint density at radius 2 is 1.62 bits per heavy atom. The second-order valence-corrected chi connectivity index (χ2v) is 5.08. The maximum absolute atomic E-state index is 12.3. The molecule has 2 aromatic rings. The Hall–Kier alpha value is -3.15. The number of benzene rings is 2. The molecule has 0 aromatic heterocycles. The summed E-state index contributed by atoms with van der Waals surface area (Å²) in [6.45, 7) is 1.22. The zero-order valence-electron chi connectivity index (χ0n) is 13.5. The van der Waals surface area contributed by atoms with Crippen LogP contribution in [0, 0.1) is 0 Å². The molecule has 2 rings (SSSR count). The number of nitrogens with zero attached hydrogens (tertiary/aromatic N) is 1. The van der Waals surface area contributed by atoms with Crippen LogP contribution in [-0.4, -0.2) is 29.8 Å². The molecule has 0 bridgehead atoms. The van der Waals surface area contributed by atoms with Gasteiger partial charge in [0.15, 0.2) is 0 Å². The summed E-state index contributed by atoms with van der Waals surface area (Å²) in [6.07, 6.45) is -0.0152. The highest BCUT2D eigenvalue weighted by Gasteiger charge is 2.21. The van der Waals surface area contributed by atoms with Crippen molar-refractivity contribution in [3.8, 4) is 5.75 Å². The largest absolute Gasteiger partial charge is 0.497 e. The summed E-state index contributed by atoms with van der Waals surface area (Å²) in [5, 5.41) is 0.736. The Morgan fingerprint density at radius 1 is 1.00 bits per heavy atom. The van der Waals surface area contributed by atoms with E-state index < -0.39 is 17.7 Å². The van der Waals surface area contributed by atoms with Crippen molar-refractivity contribution >= 4 is 17.7 Å². The zero-order valence-corrected chi connectivity index (χ0v) is 13.5. The molecular weight excluding hydrogens is 308 g/mol. The van der Waals surface area contributed by atoms with Gasteiger partial charge in [-0.3, -0.25) is 19.8 Å². The first kappa shape index (κ1) is 17.2. The second kappa shape index (κ2) is 7.92. The van der Waals surface area contributed by atoms with Crippen molar-refractivity contribution in [1.82, 2.24) is 10.4 Å². The van der Waals surface area contributed by atoms with Crippen LogP contribution >= 0.6 is 0 Å². The lowest BCUT2D eigenvalue weighted by molar-refractivity contribution is -0.146. The highest BCUT2D eigenvalue weighted by molar-refractivity contribution is 6.01. The van der Waals surface area contributed by atoms with Crippen molar-refractivity contribution in [2.24, 2.45) is 0 Å². The van der Waals surface area contributed by atoms with Gasteiger partial charge in [0.1, 0.15) is 5.75 Å². The minimum atomic E-state index is -0.558. The normalized spacial score (nSPS) is 9.92. The van der Waals surface area contributed by atoms with Crippen molar-refractivity contribution in [1.29, 1.82) is 0 Å². The van der Waals surface area contributed by atoms with E-state index in [1.54, 1.807) is 61.7 Å². The average molecular weight is 326 g/mol. The number of amides is 3. The molecule has 0 spiro atoms. The minimum Gasteiger partial charge on any atom is -0.497 e. The van der Waals surface area contributed by atoms with Crippen LogP contribution in [0.25, 0.3) is 0 Å². The standard InChI is InChI=1S/C18H18N2O4/c1-13(21)20(19-18(23)15-6-4-3-5-7-15)17(22)12-14-8-10-16(24-2)11-9-14/h3-11H,12H2,1-2H3,(H,19,23). The van der Waals surface area contributed by atoms with Crippen LogP contribution in [0.5, 0.6) is 5.75 Å². The van der Waals surface area contributed by atoms with Gasteiger partial charge in [0.2, 0.25) is 5.91 Å². The first-order valence-electron chi connectivity index (χ1n) is 7.33. The number of nitrogens with one attached hydrogen (secondary N) is 1. The highest BCUT2D eigenvalue weighted by atomic mass is 16.5. The van der Waals surface area contributed by atoms with Crippen LogP contribution in [0.2, 0.25) is 0 Å². The Morgan fingerprint density at radius 3 is 2.17 bits per heavy atom. The molecule has 6 heteroatoms. The van der Waals surface area contributed by atoms with Crippen LogP contribution < -0.4 is 10.2 Å². The lowest BCUT2D eigenvalue weighted by Crippen LogP contribution is -2.49. The average Bonchev–Trinajstić information content (AvgIpc) is 2.60. The summed E-state index contributed by atoms with van der Waals surface area (Å²) in [4.78, 5) is 36.2. The Kier molecular flexibility index (Phi) is 5.68. The van der Waals surface area contributed by atoms with Crippen molar-refractivity contribution in [2.75, 3.05) is 7.11 Å². The van der Waals surface area contributed by atoms with Gasteiger partial charge in [0.05, 0.1) is 13.5 Å². The molecule has 0 saturated carbocycles. The van der Waals surface area contributed by atoms with E-state index in [0.29, 0.717) is 16.9 Å². The van der Waals surface area contributed by atoms with Crippen LogP contribution in [0.3, 0.4) is 0 Å². The van der Waals surface area contributed by atoms with E-state index in [1.165, 1.54) is 6.92 Å². The molecule has 0 fully saturated rings. The van der Waals surface area contributed by atoms with Gasteiger partial charge in [-0.05, 0) is 29.8 Å². The number of carbonyl (C=O) groups is 3. The molecule has 0 atom stereocenters.